The summed E-state index contributed by atoms with van der Waals surface area (Å²) in [6.45, 7) is 18.1. The number of aliphatic hydroxyl groups is 1. The third-order valence-electron chi connectivity index (χ3n) is 9.19. The maximum Gasteiger partial charge on any atom is 0.248 e. The summed E-state index contributed by atoms with van der Waals surface area (Å²) < 4.78 is 6.75. The van der Waals surface area contributed by atoms with Gasteiger partial charge < -0.3 is 24.5 Å². The summed E-state index contributed by atoms with van der Waals surface area (Å²) in [4.78, 5) is 47.6. The van der Waals surface area contributed by atoms with Gasteiger partial charge in [-0.3, -0.25) is 14.4 Å². The van der Waals surface area contributed by atoms with Crippen LogP contribution >= 0.6 is 0 Å². The van der Waals surface area contributed by atoms with Gasteiger partial charge in [0.2, 0.25) is 17.7 Å². The molecule has 37 heavy (non-hydrogen) atoms. The fraction of sp³-hybridized carbons (Fsp3) is 0.759. The van der Waals surface area contributed by atoms with E-state index in [1.54, 1.807) is 33.9 Å². The Morgan fingerprint density at radius 3 is 2.38 bits per heavy atom. The summed E-state index contributed by atoms with van der Waals surface area (Å²) in [7, 11) is 1.71. The Hall–Kier alpha value is -2.19. The minimum atomic E-state index is -1.11. The number of amides is 3. The van der Waals surface area contributed by atoms with E-state index in [4.69, 9.17) is 4.74 Å². The van der Waals surface area contributed by atoms with Gasteiger partial charge in [-0.25, -0.2) is 0 Å². The minimum Gasteiger partial charge on any atom is -0.394 e. The second-order valence-corrected chi connectivity index (χ2v) is 11.5. The fourth-order valence-electron chi connectivity index (χ4n) is 7.07. The summed E-state index contributed by atoms with van der Waals surface area (Å²) in [5, 5.41) is 10.5. The highest BCUT2D eigenvalue weighted by Gasteiger charge is 2.79. The Labute approximate surface area is 222 Å². The van der Waals surface area contributed by atoms with Gasteiger partial charge in [-0.05, 0) is 39.0 Å². The first kappa shape index (κ1) is 29.4. The molecule has 0 aromatic carbocycles. The molecule has 8 atom stereocenters. The molecule has 3 fully saturated rings. The Balaban J connectivity index is 2.17. The van der Waals surface area contributed by atoms with Crippen molar-refractivity contribution in [3.63, 3.8) is 0 Å². The van der Waals surface area contributed by atoms with Crippen LogP contribution in [0.3, 0.4) is 0 Å². The van der Waals surface area contributed by atoms with Crippen molar-refractivity contribution < 1.29 is 24.2 Å². The lowest BCUT2D eigenvalue weighted by atomic mass is 9.66. The number of hydrogen-bond donors (Lipinski definition) is 1. The molecule has 2 bridgehead atoms. The smallest absolute Gasteiger partial charge is 0.248 e. The molecule has 3 unspecified atom stereocenters. The number of carbonyl (C=O) groups is 3. The summed E-state index contributed by atoms with van der Waals surface area (Å²) in [6.07, 6.45) is 6.94. The largest absolute Gasteiger partial charge is 0.394 e. The fourth-order valence-corrected chi connectivity index (χ4v) is 7.07. The van der Waals surface area contributed by atoms with Gasteiger partial charge >= 0.3 is 0 Å². The third kappa shape index (κ3) is 4.65. The number of nitrogens with zero attached hydrogens (tertiary/aromatic N) is 3. The molecule has 3 aliphatic heterocycles. The summed E-state index contributed by atoms with van der Waals surface area (Å²) in [5.74, 6) is -2.11. The van der Waals surface area contributed by atoms with Gasteiger partial charge in [0.05, 0.1) is 30.1 Å². The molecule has 0 radical (unpaired) electrons. The van der Waals surface area contributed by atoms with Crippen molar-refractivity contribution in [1.29, 1.82) is 0 Å². The maximum atomic E-state index is 14.5. The quantitative estimate of drug-likeness (QED) is 0.379. The SMILES string of the molecule is C=CCN(C)C(=O)[C@@H]1[C@H]2C(=O)N([C@@H](CO)[C@@H](C)CC)C(C(=O)N(CC=C)C(C)CCC)C23CC[C@@]1(C)O3. The molecule has 0 aromatic heterocycles. The van der Waals surface area contributed by atoms with E-state index in [2.05, 4.69) is 20.1 Å². The lowest BCUT2D eigenvalue weighted by molar-refractivity contribution is -0.158. The topological polar surface area (TPSA) is 90.4 Å². The van der Waals surface area contributed by atoms with E-state index in [-0.39, 0.29) is 36.3 Å². The van der Waals surface area contributed by atoms with Crippen LogP contribution in [0.4, 0.5) is 0 Å². The molecule has 0 saturated carbocycles. The number of hydrogen-bond acceptors (Lipinski definition) is 5. The molecule has 1 N–H and O–H groups in total. The van der Waals surface area contributed by atoms with Crippen LogP contribution in [0, 0.1) is 17.8 Å². The second-order valence-electron chi connectivity index (χ2n) is 11.5. The van der Waals surface area contributed by atoms with Gasteiger partial charge in [0, 0.05) is 26.2 Å². The van der Waals surface area contributed by atoms with Crippen LogP contribution in [0.2, 0.25) is 0 Å². The van der Waals surface area contributed by atoms with Gasteiger partial charge in [0.15, 0.2) is 0 Å². The van der Waals surface area contributed by atoms with E-state index in [1.807, 2.05) is 27.7 Å². The monoisotopic (exact) mass is 517 g/mol. The minimum absolute atomic E-state index is 0.0363. The summed E-state index contributed by atoms with van der Waals surface area (Å²) in [5.41, 5.74) is -1.94. The van der Waals surface area contributed by atoms with E-state index in [1.165, 1.54) is 0 Å². The molecule has 0 aliphatic carbocycles. The van der Waals surface area contributed by atoms with Gasteiger partial charge in [-0.2, -0.15) is 0 Å². The second kappa shape index (κ2) is 11.3. The van der Waals surface area contributed by atoms with Crippen molar-refractivity contribution in [2.45, 2.75) is 96.1 Å². The van der Waals surface area contributed by atoms with Gasteiger partial charge in [-0.1, -0.05) is 45.8 Å². The molecule has 3 saturated heterocycles. The zero-order chi connectivity index (χ0) is 27.7. The van der Waals surface area contributed by atoms with Crippen LogP contribution in [-0.2, 0) is 19.1 Å². The van der Waals surface area contributed by atoms with E-state index >= 15 is 0 Å². The molecular weight excluding hydrogens is 470 g/mol. The predicted octanol–water partition coefficient (Wildman–Crippen LogP) is 3.01. The Morgan fingerprint density at radius 1 is 1.19 bits per heavy atom. The molecule has 0 aromatic rings. The van der Waals surface area contributed by atoms with Gasteiger partial charge in [0.25, 0.3) is 0 Å². The molecule has 208 valence electrons. The van der Waals surface area contributed by atoms with Crippen LogP contribution in [0.1, 0.15) is 66.7 Å². The normalized spacial score (nSPS) is 32.6. The van der Waals surface area contributed by atoms with Crippen molar-refractivity contribution in [3.8, 4) is 0 Å². The number of fused-ring (bicyclic) bond motifs is 1. The molecule has 1 spiro atoms. The number of aliphatic hydroxyl groups excluding tert-OH is 1. The molecule has 8 heteroatoms. The average Bonchev–Trinajstić information content (AvgIpc) is 3.43. The number of likely N-dealkylation sites (tertiary alicyclic amines) is 1. The van der Waals surface area contributed by atoms with Crippen molar-refractivity contribution in [3.05, 3.63) is 25.3 Å². The first-order chi connectivity index (χ1) is 17.5. The number of rotatable bonds is 13. The maximum absolute atomic E-state index is 14.5. The van der Waals surface area contributed by atoms with Crippen molar-refractivity contribution >= 4 is 17.7 Å². The third-order valence-corrected chi connectivity index (χ3v) is 9.19. The molecule has 8 nitrogen and oxygen atoms in total. The first-order valence-corrected chi connectivity index (χ1v) is 13.9. The van der Waals surface area contributed by atoms with Crippen LogP contribution in [0.25, 0.3) is 0 Å². The van der Waals surface area contributed by atoms with E-state index < -0.39 is 35.1 Å². The van der Waals surface area contributed by atoms with E-state index in [9.17, 15) is 19.5 Å². The molecular formula is C29H47N3O5. The Kier molecular flexibility index (Phi) is 8.95. The Morgan fingerprint density at radius 2 is 1.84 bits per heavy atom. The van der Waals surface area contributed by atoms with Crippen LogP contribution in [-0.4, -0.2) is 93.6 Å². The average molecular weight is 518 g/mol. The lowest BCUT2D eigenvalue weighted by Crippen LogP contribution is -2.61. The first-order valence-electron chi connectivity index (χ1n) is 13.9. The zero-order valence-corrected chi connectivity index (χ0v) is 23.6. The van der Waals surface area contributed by atoms with Crippen molar-refractivity contribution in [2.24, 2.45) is 17.8 Å². The highest BCUT2D eigenvalue weighted by atomic mass is 16.5. The summed E-state index contributed by atoms with van der Waals surface area (Å²) in [6, 6.07) is -1.50. The molecule has 3 amide bonds. The highest BCUT2D eigenvalue weighted by molar-refractivity contribution is 5.99. The van der Waals surface area contributed by atoms with E-state index in [0.717, 1.165) is 19.3 Å². The predicted molar refractivity (Wildman–Crippen MR) is 144 cm³/mol. The van der Waals surface area contributed by atoms with Crippen molar-refractivity contribution in [1.82, 2.24) is 14.7 Å². The molecule has 3 aliphatic rings. The number of ether oxygens (including phenoxy) is 1. The molecule has 3 heterocycles. The van der Waals surface area contributed by atoms with Gasteiger partial charge in [0.1, 0.15) is 11.6 Å². The lowest BCUT2D eigenvalue weighted by Gasteiger charge is -2.42. The van der Waals surface area contributed by atoms with E-state index in [0.29, 0.717) is 25.9 Å². The zero-order valence-electron chi connectivity index (χ0n) is 23.6. The number of likely N-dealkylation sites (N-methyl/N-ethyl adjacent to an activating group) is 1. The van der Waals surface area contributed by atoms with Gasteiger partial charge in [-0.15, -0.1) is 13.2 Å². The summed E-state index contributed by atoms with van der Waals surface area (Å²) >= 11 is 0. The van der Waals surface area contributed by atoms with Crippen LogP contribution in [0.15, 0.2) is 25.3 Å². The van der Waals surface area contributed by atoms with Crippen LogP contribution < -0.4 is 0 Å². The Bertz CT molecular complexity index is 908. The standard InChI is InChI=1S/C29H47N3O5/c1-9-13-20(6)31(17-11-3)27(36)24-29-15-14-28(7,37-29)22(25(34)30(8)16-10-2)23(29)26(35)32(24)21(18-33)19(5)12-4/h10-11,19-24,33H,2-3,9,12-18H2,1,4-8H3/t19-,20?,21-,22-,23-,24?,28+,29?/m0/s1. The van der Waals surface area contributed by atoms with Crippen molar-refractivity contribution in [2.75, 3.05) is 26.7 Å². The highest BCUT2D eigenvalue weighted by Crippen LogP contribution is 2.64. The molecule has 3 rings (SSSR count). The van der Waals surface area contributed by atoms with Crippen LogP contribution in [0.5, 0.6) is 0 Å². The number of carbonyl (C=O) groups excluding carboxylic acids is 3.